The van der Waals surface area contributed by atoms with Crippen LogP contribution >= 0.6 is 0 Å². The fourth-order valence-corrected chi connectivity index (χ4v) is 1.38. The van der Waals surface area contributed by atoms with Gasteiger partial charge >= 0.3 is 0 Å². The molecule has 0 aliphatic carbocycles. The van der Waals surface area contributed by atoms with Crippen LogP contribution in [0.15, 0.2) is 0 Å². The van der Waals surface area contributed by atoms with Crippen LogP contribution < -0.4 is 0 Å². The Labute approximate surface area is 73.9 Å². The van der Waals surface area contributed by atoms with Crippen molar-refractivity contribution in [3.8, 4) is 11.8 Å². The van der Waals surface area contributed by atoms with Gasteiger partial charge in [-0.15, -0.1) is 11.8 Å². The zero-order valence-corrected chi connectivity index (χ0v) is 7.31. The van der Waals surface area contributed by atoms with E-state index in [0.29, 0.717) is 12.8 Å². The molecule has 1 rings (SSSR count). The fraction of sp³-hybridized carbons (Fsp3) is 0.600. The van der Waals surface area contributed by atoms with Gasteiger partial charge in [-0.1, -0.05) is 0 Å². The van der Waals surface area contributed by atoms with Crippen LogP contribution in [0.1, 0.15) is 25.7 Å². The summed E-state index contributed by atoms with van der Waals surface area (Å²) in [6.45, 7) is 5.28. The first kappa shape index (κ1) is 9.12. The lowest BCUT2D eigenvalue weighted by atomic mass is 10.3. The highest BCUT2D eigenvalue weighted by Gasteiger charge is 2.16. The maximum Gasteiger partial charge on any atom is 0.223 e. The van der Waals surface area contributed by atoms with Crippen molar-refractivity contribution >= 4 is 5.91 Å². The number of hydrogen-bond donors (Lipinski definition) is 0. The van der Waals surface area contributed by atoms with Gasteiger partial charge in [0, 0.05) is 32.9 Å². The third kappa shape index (κ3) is 2.58. The molecule has 0 N–H and O–H groups in total. The van der Waals surface area contributed by atoms with E-state index in [9.17, 15) is 4.79 Å². The molecule has 0 saturated carbocycles. The topological polar surface area (TPSA) is 20.3 Å². The summed E-state index contributed by atoms with van der Waals surface area (Å²) in [5, 5.41) is 0. The zero-order valence-electron chi connectivity index (χ0n) is 7.31. The van der Waals surface area contributed by atoms with Gasteiger partial charge in [-0.2, -0.15) is 0 Å². The van der Waals surface area contributed by atoms with Crippen molar-refractivity contribution in [3.05, 3.63) is 6.92 Å². The van der Waals surface area contributed by atoms with Gasteiger partial charge < -0.3 is 4.90 Å². The molecule has 1 saturated heterocycles. The molecule has 1 aliphatic rings. The quantitative estimate of drug-likeness (QED) is 0.562. The number of likely N-dealkylation sites (tertiary alicyclic amines) is 1. The van der Waals surface area contributed by atoms with Crippen LogP contribution in [0.2, 0.25) is 0 Å². The first-order chi connectivity index (χ1) is 5.84. The molecule has 0 bridgehead atoms. The van der Waals surface area contributed by atoms with Crippen molar-refractivity contribution in [1.82, 2.24) is 4.90 Å². The molecule has 65 valence electrons. The Hall–Kier alpha value is -0.970. The molecule has 1 amide bonds. The predicted octanol–water partition coefficient (Wildman–Crippen LogP) is 1.23. The monoisotopic (exact) mass is 164 g/mol. The summed E-state index contributed by atoms with van der Waals surface area (Å²) in [7, 11) is 0. The van der Waals surface area contributed by atoms with Crippen LogP contribution in [0.4, 0.5) is 0 Å². The Balaban J connectivity index is 2.21. The molecule has 0 aromatic heterocycles. The highest BCUT2D eigenvalue weighted by molar-refractivity contribution is 5.76. The molecule has 0 aromatic carbocycles. The first-order valence-corrected chi connectivity index (χ1v) is 4.37. The molecule has 1 fully saturated rings. The number of hydrogen-bond acceptors (Lipinski definition) is 1. The van der Waals surface area contributed by atoms with Crippen molar-refractivity contribution in [3.63, 3.8) is 0 Å². The maximum absolute atomic E-state index is 11.4. The Morgan fingerprint density at radius 2 is 2.08 bits per heavy atom. The van der Waals surface area contributed by atoms with Gasteiger partial charge in [0.05, 0.1) is 0 Å². The molecular formula is C10H14NO. The minimum atomic E-state index is 0.246. The molecule has 1 heterocycles. The third-order valence-electron chi connectivity index (χ3n) is 2.05. The molecule has 0 unspecified atom stereocenters. The lowest BCUT2D eigenvalue weighted by molar-refractivity contribution is -0.129. The van der Waals surface area contributed by atoms with Gasteiger partial charge in [-0.3, -0.25) is 4.79 Å². The first-order valence-electron chi connectivity index (χ1n) is 4.37. The summed E-state index contributed by atoms with van der Waals surface area (Å²) < 4.78 is 0. The van der Waals surface area contributed by atoms with Gasteiger partial charge in [0.2, 0.25) is 5.91 Å². The van der Waals surface area contributed by atoms with E-state index < -0.39 is 0 Å². The molecule has 1 radical (unpaired) electrons. The van der Waals surface area contributed by atoms with E-state index in [2.05, 4.69) is 18.8 Å². The van der Waals surface area contributed by atoms with Crippen molar-refractivity contribution in [2.45, 2.75) is 25.7 Å². The standard InChI is InChI=1S/C10H14NO/c1-2-3-4-7-10(12)11-8-5-6-9-11/h1,4-9H2. The van der Waals surface area contributed by atoms with E-state index in [1.165, 1.54) is 0 Å². The second-order valence-corrected chi connectivity index (χ2v) is 2.94. The Kier molecular flexibility index (Phi) is 3.66. The van der Waals surface area contributed by atoms with Gasteiger partial charge in [0.25, 0.3) is 0 Å². The van der Waals surface area contributed by atoms with Crippen molar-refractivity contribution < 1.29 is 4.79 Å². The highest BCUT2D eigenvalue weighted by atomic mass is 16.2. The minimum absolute atomic E-state index is 0.246. The van der Waals surface area contributed by atoms with Crippen LogP contribution in [-0.4, -0.2) is 23.9 Å². The second kappa shape index (κ2) is 4.82. The summed E-state index contributed by atoms with van der Waals surface area (Å²) in [6.07, 6.45) is 3.53. The Morgan fingerprint density at radius 3 is 2.67 bits per heavy atom. The molecule has 2 nitrogen and oxygen atoms in total. The summed E-state index contributed by atoms with van der Waals surface area (Å²) in [5.41, 5.74) is 0. The summed E-state index contributed by atoms with van der Waals surface area (Å²) in [6, 6.07) is 0. The van der Waals surface area contributed by atoms with E-state index >= 15 is 0 Å². The number of carbonyl (C=O) groups is 1. The molecule has 0 aromatic rings. The van der Waals surface area contributed by atoms with Gasteiger partial charge in [0.1, 0.15) is 0 Å². The normalized spacial score (nSPS) is 15.6. The van der Waals surface area contributed by atoms with E-state index in [1.54, 1.807) is 0 Å². The SMILES string of the molecule is [CH2]C#CCCC(=O)N1CCCC1. The predicted molar refractivity (Wildman–Crippen MR) is 48.2 cm³/mol. The fourth-order valence-electron chi connectivity index (χ4n) is 1.38. The summed E-state index contributed by atoms with van der Waals surface area (Å²) in [4.78, 5) is 13.3. The maximum atomic E-state index is 11.4. The Morgan fingerprint density at radius 1 is 1.42 bits per heavy atom. The van der Waals surface area contributed by atoms with Crippen LogP contribution in [-0.2, 0) is 4.79 Å². The van der Waals surface area contributed by atoms with E-state index in [0.717, 1.165) is 25.9 Å². The number of rotatable bonds is 2. The molecule has 0 atom stereocenters. The molecule has 1 aliphatic heterocycles. The van der Waals surface area contributed by atoms with Crippen molar-refractivity contribution in [1.29, 1.82) is 0 Å². The van der Waals surface area contributed by atoms with Gasteiger partial charge in [-0.25, -0.2) is 0 Å². The minimum Gasteiger partial charge on any atom is -0.343 e. The smallest absolute Gasteiger partial charge is 0.223 e. The number of nitrogens with zero attached hydrogens (tertiary/aromatic N) is 1. The number of amides is 1. The van der Waals surface area contributed by atoms with Crippen LogP contribution in [0.5, 0.6) is 0 Å². The van der Waals surface area contributed by atoms with Gasteiger partial charge in [-0.05, 0) is 12.8 Å². The molecule has 12 heavy (non-hydrogen) atoms. The lowest BCUT2D eigenvalue weighted by Crippen LogP contribution is -2.27. The number of carbonyl (C=O) groups excluding carboxylic acids is 1. The highest BCUT2D eigenvalue weighted by Crippen LogP contribution is 2.09. The van der Waals surface area contributed by atoms with E-state index in [-0.39, 0.29) is 5.91 Å². The molecule has 0 spiro atoms. The van der Waals surface area contributed by atoms with Crippen LogP contribution in [0, 0.1) is 18.8 Å². The van der Waals surface area contributed by atoms with Gasteiger partial charge in [0.15, 0.2) is 0 Å². The third-order valence-corrected chi connectivity index (χ3v) is 2.05. The second-order valence-electron chi connectivity index (χ2n) is 2.94. The summed E-state index contributed by atoms with van der Waals surface area (Å²) in [5.74, 6) is 5.58. The molecular weight excluding hydrogens is 150 g/mol. The van der Waals surface area contributed by atoms with E-state index in [1.807, 2.05) is 4.90 Å². The lowest BCUT2D eigenvalue weighted by Gasteiger charge is -2.13. The Bertz CT molecular complexity index is 206. The average molecular weight is 164 g/mol. The van der Waals surface area contributed by atoms with Crippen LogP contribution in [0.3, 0.4) is 0 Å². The van der Waals surface area contributed by atoms with E-state index in [4.69, 9.17) is 0 Å². The molecule has 2 heteroatoms. The summed E-state index contributed by atoms with van der Waals surface area (Å²) >= 11 is 0. The van der Waals surface area contributed by atoms with Crippen molar-refractivity contribution in [2.75, 3.05) is 13.1 Å². The average Bonchev–Trinajstić information content (AvgIpc) is 2.56. The van der Waals surface area contributed by atoms with Crippen LogP contribution in [0.25, 0.3) is 0 Å². The largest absolute Gasteiger partial charge is 0.343 e. The zero-order chi connectivity index (χ0) is 8.81. The van der Waals surface area contributed by atoms with Crippen molar-refractivity contribution in [2.24, 2.45) is 0 Å².